The van der Waals surface area contributed by atoms with Gasteiger partial charge in [-0.2, -0.15) is 8.42 Å². The molecule has 1 aliphatic rings. The number of sulfonamides is 1. The summed E-state index contributed by atoms with van der Waals surface area (Å²) < 4.78 is 29.9. The van der Waals surface area contributed by atoms with Gasteiger partial charge in [-0.25, -0.2) is 0 Å². The molecule has 6 heteroatoms. The number of hydrogen-bond donors (Lipinski definition) is 1. The van der Waals surface area contributed by atoms with Crippen molar-refractivity contribution in [3.05, 3.63) is 69.2 Å². The van der Waals surface area contributed by atoms with Crippen LogP contribution in [0.5, 0.6) is 0 Å². The maximum Gasteiger partial charge on any atom is 0.285 e. The molecule has 1 aliphatic heterocycles. The van der Waals surface area contributed by atoms with Crippen LogP contribution >= 0.6 is 15.9 Å². The lowest BCUT2D eigenvalue weighted by molar-refractivity contribution is 0.608. The number of amidine groups is 1. The third kappa shape index (κ3) is 3.03. The second-order valence-corrected chi connectivity index (χ2v) is 8.17. The molecular weight excluding hydrogens is 388 g/mol. The van der Waals surface area contributed by atoms with E-state index in [0.29, 0.717) is 17.0 Å². The van der Waals surface area contributed by atoms with Gasteiger partial charge in [-0.15, -0.1) is 4.40 Å². The molecule has 2 aromatic carbocycles. The fourth-order valence-corrected chi connectivity index (χ4v) is 4.40. The van der Waals surface area contributed by atoms with Crippen LogP contribution < -0.4 is 5.32 Å². The zero-order chi connectivity index (χ0) is 17.5. The highest BCUT2D eigenvalue weighted by Crippen LogP contribution is 2.34. The fraction of sp³-hybridized carbons (Fsp3) is 0.167. The van der Waals surface area contributed by atoms with Gasteiger partial charge in [0.15, 0.2) is 0 Å². The molecule has 2 aromatic rings. The summed E-state index contributed by atoms with van der Waals surface area (Å²) in [4.78, 5) is 0.264. The number of hydrogen-bond acceptors (Lipinski definition) is 3. The summed E-state index contributed by atoms with van der Waals surface area (Å²) in [6.45, 7) is 5.75. The smallest absolute Gasteiger partial charge is 0.285 e. The van der Waals surface area contributed by atoms with E-state index in [1.54, 1.807) is 6.92 Å². The Morgan fingerprint density at radius 2 is 1.71 bits per heavy atom. The van der Waals surface area contributed by atoms with Gasteiger partial charge in [0.25, 0.3) is 10.0 Å². The van der Waals surface area contributed by atoms with Crippen molar-refractivity contribution in [3.63, 3.8) is 0 Å². The molecular formula is C18H17BrN2O2S. The molecule has 0 saturated heterocycles. The van der Waals surface area contributed by atoms with Crippen LogP contribution in [-0.4, -0.2) is 14.3 Å². The van der Waals surface area contributed by atoms with Crippen molar-refractivity contribution < 1.29 is 8.42 Å². The summed E-state index contributed by atoms with van der Waals surface area (Å²) in [7, 11) is -3.71. The van der Waals surface area contributed by atoms with Crippen molar-refractivity contribution in [3.8, 4) is 0 Å². The Balaban J connectivity index is 2.06. The highest BCUT2D eigenvalue weighted by Gasteiger charge is 2.31. The van der Waals surface area contributed by atoms with Crippen LogP contribution in [0.25, 0.3) is 4.91 Å². The van der Waals surface area contributed by atoms with Crippen molar-refractivity contribution in [2.24, 2.45) is 4.40 Å². The Bertz CT molecular complexity index is 992. The molecule has 3 rings (SSSR count). The van der Waals surface area contributed by atoms with Gasteiger partial charge >= 0.3 is 0 Å². The van der Waals surface area contributed by atoms with Crippen molar-refractivity contribution in [1.29, 1.82) is 0 Å². The lowest BCUT2D eigenvalue weighted by Gasteiger charge is -2.09. The molecule has 0 atom stereocenters. The predicted molar refractivity (Wildman–Crippen MR) is 103 cm³/mol. The maximum absolute atomic E-state index is 12.6. The Morgan fingerprint density at radius 3 is 2.38 bits per heavy atom. The third-order valence-electron chi connectivity index (χ3n) is 4.06. The Morgan fingerprint density at radius 1 is 1.00 bits per heavy atom. The van der Waals surface area contributed by atoms with Gasteiger partial charge in [0.1, 0.15) is 10.7 Å². The van der Waals surface area contributed by atoms with Gasteiger partial charge in [0.2, 0.25) is 0 Å². The number of aryl methyl sites for hydroxylation is 2. The van der Waals surface area contributed by atoms with Crippen LogP contribution in [-0.2, 0) is 10.0 Å². The molecule has 0 amide bonds. The first-order valence-electron chi connectivity index (χ1n) is 7.45. The van der Waals surface area contributed by atoms with Crippen molar-refractivity contribution in [1.82, 2.24) is 0 Å². The third-order valence-corrected chi connectivity index (χ3v) is 6.23. The minimum absolute atomic E-state index is 0.264. The van der Waals surface area contributed by atoms with E-state index in [2.05, 4.69) is 25.6 Å². The largest absolute Gasteiger partial charge is 0.338 e. The van der Waals surface area contributed by atoms with Crippen LogP contribution in [0.3, 0.4) is 0 Å². The highest BCUT2D eigenvalue weighted by molar-refractivity contribution is 9.10. The number of benzene rings is 2. The van der Waals surface area contributed by atoms with Gasteiger partial charge in [-0.3, -0.25) is 0 Å². The number of nitrogens with zero attached hydrogens (tertiary/aromatic N) is 1. The van der Waals surface area contributed by atoms with E-state index in [0.717, 1.165) is 21.3 Å². The van der Waals surface area contributed by atoms with E-state index >= 15 is 0 Å². The van der Waals surface area contributed by atoms with E-state index < -0.39 is 10.0 Å². The molecule has 1 N–H and O–H groups in total. The molecule has 0 aromatic heterocycles. The Labute approximate surface area is 150 Å². The topological polar surface area (TPSA) is 58.5 Å². The van der Waals surface area contributed by atoms with Gasteiger partial charge in [0.05, 0.1) is 5.69 Å². The molecule has 24 heavy (non-hydrogen) atoms. The molecule has 0 bridgehead atoms. The SMILES string of the molecule is CC1=C(c2ccc(C)c(C)c2)S(=O)(=O)N=C1Nc1ccccc1Br. The van der Waals surface area contributed by atoms with E-state index in [1.165, 1.54) is 0 Å². The van der Waals surface area contributed by atoms with E-state index in [4.69, 9.17) is 0 Å². The quantitative estimate of drug-likeness (QED) is 0.791. The molecule has 0 unspecified atom stereocenters. The fourth-order valence-electron chi connectivity index (χ4n) is 2.59. The summed E-state index contributed by atoms with van der Waals surface area (Å²) in [5.41, 5.74) is 4.24. The first-order chi connectivity index (χ1) is 11.3. The second-order valence-electron chi connectivity index (χ2n) is 5.77. The molecule has 0 aliphatic carbocycles. The summed E-state index contributed by atoms with van der Waals surface area (Å²) in [6.07, 6.45) is 0. The lowest BCUT2D eigenvalue weighted by Crippen LogP contribution is -2.11. The van der Waals surface area contributed by atoms with Crippen molar-refractivity contribution >= 4 is 42.4 Å². The second kappa shape index (κ2) is 6.18. The van der Waals surface area contributed by atoms with Crippen molar-refractivity contribution in [2.75, 3.05) is 5.32 Å². The minimum atomic E-state index is -3.71. The van der Waals surface area contributed by atoms with Gasteiger partial charge in [0, 0.05) is 10.0 Å². The zero-order valence-electron chi connectivity index (χ0n) is 13.6. The van der Waals surface area contributed by atoms with Crippen LogP contribution in [0.4, 0.5) is 5.69 Å². The average molecular weight is 405 g/mol. The zero-order valence-corrected chi connectivity index (χ0v) is 16.0. The van der Waals surface area contributed by atoms with E-state index in [-0.39, 0.29) is 4.91 Å². The van der Waals surface area contributed by atoms with Crippen LogP contribution in [0.15, 0.2) is 56.9 Å². The first kappa shape index (κ1) is 16.9. The van der Waals surface area contributed by atoms with Gasteiger partial charge in [-0.1, -0.05) is 30.3 Å². The lowest BCUT2D eigenvalue weighted by atomic mass is 10.0. The Kier molecular flexibility index (Phi) is 4.36. The maximum atomic E-state index is 12.6. The van der Waals surface area contributed by atoms with Gasteiger partial charge < -0.3 is 5.32 Å². The normalized spacial score (nSPS) is 16.2. The minimum Gasteiger partial charge on any atom is -0.338 e. The standard InChI is InChI=1S/C18H17BrN2O2S/c1-11-8-9-14(10-12(11)2)17-13(3)18(21-24(17,22)23)20-16-7-5-4-6-15(16)19/h4-10H,1-3H3,(H,20,21). The molecule has 0 spiro atoms. The van der Waals surface area contributed by atoms with E-state index in [9.17, 15) is 8.42 Å². The highest BCUT2D eigenvalue weighted by atomic mass is 79.9. The molecule has 0 saturated carbocycles. The predicted octanol–water partition coefficient (Wildman–Crippen LogP) is 4.65. The molecule has 1 heterocycles. The summed E-state index contributed by atoms with van der Waals surface area (Å²) in [5, 5.41) is 3.11. The van der Waals surface area contributed by atoms with Gasteiger partial charge in [-0.05, 0) is 65.5 Å². The Hall–Kier alpha value is -1.92. The number of para-hydroxylation sites is 1. The summed E-state index contributed by atoms with van der Waals surface area (Å²) >= 11 is 3.45. The first-order valence-corrected chi connectivity index (χ1v) is 9.68. The van der Waals surface area contributed by atoms with Crippen LogP contribution in [0, 0.1) is 13.8 Å². The van der Waals surface area contributed by atoms with Crippen LogP contribution in [0.2, 0.25) is 0 Å². The summed E-state index contributed by atoms with van der Waals surface area (Å²) in [5.74, 6) is 0.357. The number of anilines is 1. The van der Waals surface area contributed by atoms with Crippen LogP contribution in [0.1, 0.15) is 23.6 Å². The number of rotatable bonds is 2. The molecule has 0 fully saturated rings. The number of nitrogens with one attached hydrogen (secondary N) is 1. The molecule has 124 valence electrons. The summed E-state index contributed by atoms with van der Waals surface area (Å²) in [6, 6.07) is 13.2. The monoisotopic (exact) mass is 404 g/mol. The average Bonchev–Trinajstić information content (AvgIpc) is 2.74. The molecule has 4 nitrogen and oxygen atoms in total. The molecule has 0 radical (unpaired) electrons. The number of halogens is 1. The van der Waals surface area contributed by atoms with Crippen molar-refractivity contribution in [2.45, 2.75) is 20.8 Å². The van der Waals surface area contributed by atoms with E-state index in [1.807, 2.05) is 56.3 Å².